The second-order valence-electron chi connectivity index (χ2n) is 6.36. The van der Waals surface area contributed by atoms with Crippen molar-refractivity contribution < 1.29 is 9.59 Å². The van der Waals surface area contributed by atoms with Gasteiger partial charge in [-0.25, -0.2) is 4.79 Å². The largest absolute Gasteiger partial charge is 0.352 e. The van der Waals surface area contributed by atoms with Crippen LogP contribution in [0.25, 0.3) is 0 Å². The van der Waals surface area contributed by atoms with E-state index in [4.69, 9.17) is 0 Å². The van der Waals surface area contributed by atoms with Gasteiger partial charge in [-0.15, -0.1) is 0 Å². The summed E-state index contributed by atoms with van der Waals surface area (Å²) in [7, 11) is 0. The number of hydrogen-bond acceptors (Lipinski definition) is 2. The molecule has 26 heavy (non-hydrogen) atoms. The van der Waals surface area contributed by atoms with Crippen LogP contribution in [0.1, 0.15) is 53.4 Å². The van der Waals surface area contributed by atoms with Crippen LogP contribution in [0.4, 0.5) is 4.79 Å². The summed E-state index contributed by atoms with van der Waals surface area (Å²) in [5, 5.41) is 8.64. The molecule has 2 aromatic carbocycles. The van der Waals surface area contributed by atoms with Crippen LogP contribution in [-0.2, 0) is 6.54 Å². The molecule has 0 radical (unpaired) electrons. The number of carbonyl (C=O) groups is 2. The van der Waals surface area contributed by atoms with E-state index in [0.717, 1.165) is 23.1 Å². The Kier molecular flexibility index (Phi) is 7.21. The number of amides is 3. The Morgan fingerprint density at radius 3 is 2.54 bits per heavy atom. The molecule has 2 aromatic rings. The van der Waals surface area contributed by atoms with Crippen LogP contribution in [0.15, 0.2) is 48.5 Å². The zero-order valence-electron chi connectivity index (χ0n) is 15.6. The molecule has 0 aliphatic carbocycles. The normalized spacial score (nSPS) is 11.5. The van der Waals surface area contributed by atoms with Gasteiger partial charge >= 0.3 is 6.03 Å². The van der Waals surface area contributed by atoms with Crippen LogP contribution in [0.5, 0.6) is 0 Å². The molecule has 0 spiro atoms. The lowest BCUT2D eigenvalue weighted by molar-refractivity contribution is 0.0953. The average molecular weight is 353 g/mol. The number of benzene rings is 2. The van der Waals surface area contributed by atoms with Crippen molar-refractivity contribution in [2.45, 2.75) is 39.8 Å². The van der Waals surface area contributed by atoms with E-state index in [2.05, 4.69) is 16.0 Å². The highest BCUT2D eigenvalue weighted by Crippen LogP contribution is 2.16. The summed E-state index contributed by atoms with van der Waals surface area (Å²) >= 11 is 0. The van der Waals surface area contributed by atoms with Gasteiger partial charge in [0.1, 0.15) is 0 Å². The molecule has 0 saturated heterocycles. The molecular formula is C21H27N3O2. The van der Waals surface area contributed by atoms with Crippen LogP contribution < -0.4 is 16.0 Å². The summed E-state index contributed by atoms with van der Waals surface area (Å²) in [5.41, 5.74) is 3.72. The fourth-order valence-corrected chi connectivity index (χ4v) is 2.74. The van der Waals surface area contributed by atoms with Gasteiger partial charge < -0.3 is 16.0 Å². The Morgan fingerprint density at radius 1 is 1.04 bits per heavy atom. The second kappa shape index (κ2) is 9.61. The van der Waals surface area contributed by atoms with E-state index in [1.807, 2.05) is 57.2 Å². The maximum Gasteiger partial charge on any atom is 0.315 e. The lowest BCUT2D eigenvalue weighted by Crippen LogP contribution is -2.36. The van der Waals surface area contributed by atoms with Gasteiger partial charge in [0.05, 0.1) is 6.04 Å². The molecule has 1 atom stereocenters. The van der Waals surface area contributed by atoms with Crippen molar-refractivity contribution in [2.75, 3.05) is 6.54 Å². The number of carbonyl (C=O) groups excluding carboxylic acids is 2. The zero-order chi connectivity index (χ0) is 18.9. The van der Waals surface area contributed by atoms with E-state index >= 15 is 0 Å². The second-order valence-corrected chi connectivity index (χ2v) is 6.36. The molecule has 0 aliphatic rings. The molecule has 2 rings (SSSR count). The van der Waals surface area contributed by atoms with Gasteiger partial charge in [0.25, 0.3) is 5.91 Å². The van der Waals surface area contributed by atoms with Crippen LogP contribution in [0.3, 0.4) is 0 Å². The Bertz CT molecular complexity index is 758. The number of hydrogen-bond donors (Lipinski definition) is 3. The third-order valence-corrected chi connectivity index (χ3v) is 4.18. The first kappa shape index (κ1) is 19.5. The molecule has 0 fully saturated rings. The summed E-state index contributed by atoms with van der Waals surface area (Å²) in [6.45, 7) is 7.01. The van der Waals surface area contributed by atoms with E-state index in [1.54, 1.807) is 12.1 Å². The minimum Gasteiger partial charge on any atom is -0.352 e. The molecule has 5 nitrogen and oxygen atoms in total. The smallest absolute Gasteiger partial charge is 0.315 e. The molecule has 0 bridgehead atoms. The van der Waals surface area contributed by atoms with Gasteiger partial charge in [0, 0.05) is 18.7 Å². The third-order valence-electron chi connectivity index (χ3n) is 4.18. The minimum absolute atomic E-state index is 0.0812. The third kappa shape index (κ3) is 5.62. The molecular weight excluding hydrogens is 326 g/mol. The highest BCUT2D eigenvalue weighted by atomic mass is 16.2. The quantitative estimate of drug-likeness (QED) is 0.710. The maximum atomic E-state index is 12.2. The van der Waals surface area contributed by atoms with Crippen molar-refractivity contribution in [3.63, 3.8) is 0 Å². The van der Waals surface area contributed by atoms with Crippen molar-refractivity contribution in [3.8, 4) is 0 Å². The molecule has 3 amide bonds. The van der Waals surface area contributed by atoms with E-state index in [0.29, 0.717) is 18.7 Å². The first-order chi connectivity index (χ1) is 12.5. The first-order valence-corrected chi connectivity index (χ1v) is 8.98. The summed E-state index contributed by atoms with van der Waals surface area (Å²) in [6, 6.07) is 15.0. The first-order valence-electron chi connectivity index (χ1n) is 8.98. The van der Waals surface area contributed by atoms with Crippen LogP contribution in [0, 0.1) is 6.92 Å². The van der Waals surface area contributed by atoms with E-state index in [-0.39, 0.29) is 18.0 Å². The molecule has 138 valence electrons. The molecule has 0 saturated carbocycles. The Labute approximate surface area is 155 Å². The molecule has 0 aromatic heterocycles. The SMILES string of the molecule is CCCNC(=O)c1cccc(CNC(=O)NC(C)c2ccccc2C)c1. The highest BCUT2D eigenvalue weighted by molar-refractivity contribution is 5.94. The predicted molar refractivity (Wildman–Crippen MR) is 104 cm³/mol. The number of rotatable bonds is 7. The van der Waals surface area contributed by atoms with Gasteiger partial charge in [-0.2, -0.15) is 0 Å². The van der Waals surface area contributed by atoms with Crippen LogP contribution in [-0.4, -0.2) is 18.5 Å². The van der Waals surface area contributed by atoms with Crippen molar-refractivity contribution in [3.05, 3.63) is 70.8 Å². The van der Waals surface area contributed by atoms with Crippen molar-refractivity contribution in [1.82, 2.24) is 16.0 Å². The Hall–Kier alpha value is -2.82. The molecule has 3 N–H and O–H groups in total. The van der Waals surface area contributed by atoms with E-state index < -0.39 is 0 Å². The van der Waals surface area contributed by atoms with Gasteiger partial charge in [0.15, 0.2) is 0 Å². The highest BCUT2D eigenvalue weighted by Gasteiger charge is 2.11. The zero-order valence-corrected chi connectivity index (χ0v) is 15.6. The van der Waals surface area contributed by atoms with Gasteiger partial charge in [-0.3, -0.25) is 4.79 Å². The summed E-state index contributed by atoms with van der Waals surface area (Å²) < 4.78 is 0. The number of aryl methyl sites for hydroxylation is 1. The fourth-order valence-electron chi connectivity index (χ4n) is 2.74. The Balaban J connectivity index is 1.89. The van der Waals surface area contributed by atoms with Crippen molar-refractivity contribution in [1.29, 1.82) is 0 Å². The minimum atomic E-state index is -0.235. The van der Waals surface area contributed by atoms with Crippen molar-refractivity contribution >= 4 is 11.9 Å². The standard InChI is InChI=1S/C21H27N3O2/c1-4-12-22-20(25)18-10-7-9-17(13-18)14-23-21(26)24-16(3)19-11-6-5-8-15(19)2/h5-11,13,16H,4,12,14H2,1-3H3,(H,22,25)(H2,23,24,26). The van der Waals surface area contributed by atoms with E-state index in [1.165, 1.54) is 0 Å². The van der Waals surface area contributed by atoms with Gasteiger partial charge in [-0.1, -0.05) is 43.3 Å². The number of urea groups is 1. The van der Waals surface area contributed by atoms with Crippen LogP contribution in [0.2, 0.25) is 0 Å². The summed E-state index contributed by atoms with van der Waals surface area (Å²) in [5.74, 6) is -0.0914. The molecule has 0 aliphatic heterocycles. The van der Waals surface area contributed by atoms with Crippen molar-refractivity contribution in [2.24, 2.45) is 0 Å². The fraction of sp³-hybridized carbons (Fsp3) is 0.333. The molecule has 5 heteroatoms. The molecule has 1 unspecified atom stereocenters. The summed E-state index contributed by atoms with van der Waals surface area (Å²) in [4.78, 5) is 24.2. The lowest BCUT2D eigenvalue weighted by Gasteiger charge is -2.17. The van der Waals surface area contributed by atoms with Crippen LogP contribution >= 0.6 is 0 Å². The topological polar surface area (TPSA) is 70.2 Å². The predicted octanol–water partition coefficient (Wildman–Crippen LogP) is 3.70. The maximum absolute atomic E-state index is 12.2. The average Bonchev–Trinajstić information content (AvgIpc) is 2.65. The number of nitrogens with one attached hydrogen (secondary N) is 3. The monoisotopic (exact) mass is 353 g/mol. The van der Waals surface area contributed by atoms with Gasteiger partial charge in [0.2, 0.25) is 0 Å². The summed E-state index contributed by atoms with van der Waals surface area (Å²) in [6.07, 6.45) is 0.895. The Morgan fingerprint density at radius 2 is 1.81 bits per heavy atom. The van der Waals surface area contributed by atoms with Gasteiger partial charge in [-0.05, 0) is 49.1 Å². The molecule has 0 heterocycles. The van der Waals surface area contributed by atoms with E-state index in [9.17, 15) is 9.59 Å². The lowest BCUT2D eigenvalue weighted by atomic mass is 10.0.